The van der Waals surface area contributed by atoms with Crippen LogP contribution in [-0.4, -0.2) is 35.6 Å². The van der Waals surface area contributed by atoms with Gasteiger partial charge in [-0.25, -0.2) is 14.6 Å². The predicted octanol–water partition coefficient (Wildman–Crippen LogP) is 3.18. The van der Waals surface area contributed by atoms with Gasteiger partial charge < -0.3 is 10.3 Å². The third kappa shape index (κ3) is 3.62. The first kappa shape index (κ1) is 19.2. The van der Waals surface area contributed by atoms with Gasteiger partial charge in [0.25, 0.3) is 11.6 Å². The van der Waals surface area contributed by atoms with Crippen LogP contribution in [0.3, 0.4) is 0 Å². The molecule has 2 heterocycles. The number of H-pyrrole nitrogens is 1. The highest BCUT2D eigenvalue weighted by Gasteiger charge is 2.25. The highest BCUT2D eigenvalue weighted by Crippen LogP contribution is 2.26. The zero-order valence-corrected chi connectivity index (χ0v) is 16.3. The van der Waals surface area contributed by atoms with Crippen LogP contribution >= 0.6 is 0 Å². The minimum atomic E-state index is -0.549. The first-order valence-electron chi connectivity index (χ1n) is 9.33. The van der Waals surface area contributed by atoms with Crippen molar-refractivity contribution in [2.24, 2.45) is 5.92 Å². The van der Waals surface area contributed by atoms with Crippen molar-refractivity contribution in [1.82, 2.24) is 30.0 Å². The zero-order chi connectivity index (χ0) is 21.3. The number of carbonyl (C=O) groups is 1. The smallest absolute Gasteiger partial charge is 0.295 e. The maximum Gasteiger partial charge on any atom is 0.295 e. The summed E-state index contributed by atoms with van der Waals surface area (Å²) in [6.07, 6.45) is 2.64. The van der Waals surface area contributed by atoms with Crippen LogP contribution in [0.15, 0.2) is 55.1 Å². The SMILES string of the molecule is CC(C)C(NC(=O)c1ccc(-n2cncn2)c([N+](=O)[O-])c1)c1nc2ccccc2[nH]1. The number of nitro benzene ring substituents is 1. The molecule has 10 heteroatoms. The number of amides is 1. The van der Waals surface area contributed by atoms with Gasteiger partial charge in [-0.3, -0.25) is 14.9 Å². The minimum absolute atomic E-state index is 0.0407. The number of nitrogens with zero attached hydrogens (tertiary/aromatic N) is 5. The van der Waals surface area contributed by atoms with Crippen molar-refractivity contribution in [3.8, 4) is 5.69 Å². The summed E-state index contributed by atoms with van der Waals surface area (Å²) in [6.45, 7) is 3.93. The van der Waals surface area contributed by atoms with E-state index in [9.17, 15) is 14.9 Å². The lowest BCUT2D eigenvalue weighted by atomic mass is 10.0. The average molecular weight is 405 g/mol. The van der Waals surface area contributed by atoms with E-state index in [-0.39, 0.29) is 28.9 Å². The maximum atomic E-state index is 12.9. The Morgan fingerprint density at radius 1 is 1.23 bits per heavy atom. The second-order valence-electron chi connectivity index (χ2n) is 7.13. The Morgan fingerprint density at radius 3 is 2.70 bits per heavy atom. The fourth-order valence-corrected chi connectivity index (χ4v) is 3.23. The van der Waals surface area contributed by atoms with Crippen LogP contribution in [0, 0.1) is 16.0 Å². The molecule has 1 unspecified atom stereocenters. The first-order valence-corrected chi connectivity index (χ1v) is 9.33. The summed E-state index contributed by atoms with van der Waals surface area (Å²) in [5.74, 6) is 0.245. The quantitative estimate of drug-likeness (QED) is 0.374. The van der Waals surface area contributed by atoms with Gasteiger partial charge in [0.2, 0.25) is 0 Å². The van der Waals surface area contributed by atoms with Crippen LogP contribution in [0.25, 0.3) is 16.7 Å². The standard InChI is InChI=1S/C20H19N7O3/c1-12(2)18(19-23-14-5-3-4-6-15(14)24-19)25-20(28)13-7-8-16(17(9-13)27(29)30)26-11-21-10-22-26/h3-12,18H,1-2H3,(H,23,24)(H,25,28). The molecule has 152 valence electrons. The van der Waals surface area contributed by atoms with Crippen LogP contribution < -0.4 is 5.32 Å². The molecule has 2 N–H and O–H groups in total. The van der Waals surface area contributed by atoms with Crippen molar-refractivity contribution >= 4 is 22.6 Å². The molecule has 0 aliphatic heterocycles. The first-order chi connectivity index (χ1) is 14.4. The summed E-state index contributed by atoms with van der Waals surface area (Å²) in [5.41, 5.74) is 1.84. The predicted molar refractivity (Wildman–Crippen MR) is 109 cm³/mol. The highest BCUT2D eigenvalue weighted by molar-refractivity contribution is 5.95. The fraction of sp³-hybridized carbons (Fsp3) is 0.200. The highest BCUT2D eigenvalue weighted by atomic mass is 16.6. The molecule has 0 bridgehead atoms. The van der Waals surface area contributed by atoms with Crippen LogP contribution in [0.5, 0.6) is 0 Å². The Morgan fingerprint density at radius 2 is 2.03 bits per heavy atom. The van der Waals surface area contributed by atoms with Gasteiger partial charge in [-0.1, -0.05) is 26.0 Å². The van der Waals surface area contributed by atoms with Crippen LogP contribution in [0.2, 0.25) is 0 Å². The number of aromatic nitrogens is 5. The molecule has 2 aromatic heterocycles. The molecule has 30 heavy (non-hydrogen) atoms. The molecule has 0 aliphatic carbocycles. The third-order valence-corrected chi connectivity index (χ3v) is 4.76. The molecule has 0 spiro atoms. The number of para-hydroxylation sites is 2. The molecular weight excluding hydrogens is 386 g/mol. The molecule has 4 rings (SSSR count). The Kier molecular flexibility index (Phi) is 4.97. The molecule has 0 saturated carbocycles. The Labute approximate surface area is 171 Å². The number of carbonyl (C=O) groups excluding carboxylic acids is 1. The van der Waals surface area contributed by atoms with E-state index in [1.54, 1.807) is 0 Å². The van der Waals surface area contributed by atoms with Gasteiger partial charge in [0.1, 0.15) is 24.2 Å². The second kappa shape index (κ2) is 7.74. The van der Waals surface area contributed by atoms with E-state index in [0.717, 1.165) is 11.0 Å². The normalized spacial score (nSPS) is 12.2. The maximum absolute atomic E-state index is 12.9. The van der Waals surface area contributed by atoms with Crippen molar-refractivity contribution in [2.75, 3.05) is 0 Å². The number of rotatable bonds is 6. The molecule has 0 fully saturated rings. The van der Waals surface area contributed by atoms with E-state index >= 15 is 0 Å². The van der Waals surface area contributed by atoms with E-state index in [1.807, 2.05) is 38.1 Å². The van der Waals surface area contributed by atoms with E-state index in [4.69, 9.17) is 0 Å². The minimum Gasteiger partial charge on any atom is -0.342 e. The number of aromatic amines is 1. The average Bonchev–Trinajstić information content (AvgIpc) is 3.40. The summed E-state index contributed by atoms with van der Waals surface area (Å²) in [6, 6.07) is 11.5. The third-order valence-electron chi connectivity index (χ3n) is 4.76. The van der Waals surface area contributed by atoms with Crippen molar-refractivity contribution < 1.29 is 9.72 Å². The van der Waals surface area contributed by atoms with Gasteiger partial charge in [-0.15, -0.1) is 0 Å². The number of benzene rings is 2. The monoisotopic (exact) mass is 405 g/mol. The molecule has 4 aromatic rings. The van der Waals surface area contributed by atoms with Crippen molar-refractivity contribution in [2.45, 2.75) is 19.9 Å². The van der Waals surface area contributed by atoms with E-state index in [1.165, 1.54) is 35.5 Å². The summed E-state index contributed by atoms with van der Waals surface area (Å²) in [5, 5.41) is 18.4. The summed E-state index contributed by atoms with van der Waals surface area (Å²) >= 11 is 0. The molecule has 0 radical (unpaired) electrons. The molecular formula is C20H19N7O3. The van der Waals surface area contributed by atoms with E-state index in [0.29, 0.717) is 5.82 Å². The van der Waals surface area contributed by atoms with Gasteiger partial charge in [0, 0.05) is 11.6 Å². The summed E-state index contributed by atoms with van der Waals surface area (Å²) in [7, 11) is 0. The lowest BCUT2D eigenvalue weighted by molar-refractivity contribution is -0.384. The van der Waals surface area contributed by atoms with Crippen LogP contribution in [-0.2, 0) is 0 Å². The molecule has 1 atom stereocenters. The number of nitrogens with one attached hydrogen (secondary N) is 2. The number of imidazole rings is 1. The number of hydrogen-bond acceptors (Lipinski definition) is 6. The zero-order valence-electron chi connectivity index (χ0n) is 16.3. The molecule has 0 saturated heterocycles. The van der Waals surface area contributed by atoms with Crippen LogP contribution in [0.1, 0.15) is 36.1 Å². The van der Waals surface area contributed by atoms with Crippen molar-refractivity contribution in [3.63, 3.8) is 0 Å². The Bertz CT molecular complexity index is 1180. The van der Waals surface area contributed by atoms with Crippen molar-refractivity contribution in [3.05, 3.63) is 76.6 Å². The van der Waals surface area contributed by atoms with Gasteiger partial charge in [-0.05, 0) is 30.2 Å². The summed E-state index contributed by atoms with van der Waals surface area (Å²) < 4.78 is 1.28. The topological polar surface area (TPSA) is 132 Å². The van der Waals surface area contributed by atoms with Gasteiger partial charge in [0.15, 0.2) is 0 Å². The van der Waals surface area contributed by atoms with Gasteiger partial charge in [-0.2, -0.15) is 5.10 Å². The Balaban J connectivity index is 1.64. The molecule has 0 aliphatic rings. The van der Waals surface area contributed by atoms with Crippen LogP contribution in [0.4, 0.5) is 5.69 Å². The largest absolute Gasteiger partial charge is 0.342 e. The Hall–Kier alpha value is -4.08. The second-order valence-corrected chi connectivity index (χ2v) is 7.13. The molecule has 10 nitrogen and oxygen atoms in total. The number of nitro groups is 1. The van der Waals surface area contributed by atoms with E-state index in [2.05, 4.69) is 25.4 Å². The number of hydrogen-bond donors (Lipinski definition) is 2. The summed E-state index contributed by atoms with van der Waals surface area (Å²) in [4.78, 5) is 35.5. The van der Waals surface area contributed by atoms with Gasteiger partial charge in [0.05, 0.1) is 22.0 Å². The molecule has 2 aromatic carbocycles. The van der Waals surface area contributed by atoms with E-state index < -0.39 is 10.8 Å². The van der Waals surface area contributed by atoms with Crippen molar-refractivity contribution in [1.29, 1.82) is 0 Å². The van der Waals surface area contributed by atoms with Gasteiger partial charge >= 0.3 is 0 Å². The number of fused-ring (bicyclic) bond motifs is 1. The lowest BCUT2D eigenvalue weighted by Crippen LogP contribution is -2.32. The lowest BCUT2D eigenvalue weighted by Gasteiger charge is -2.20. The fourth-order valence-electron chi connectivity index (χ4n) is 3.23. The molecule has 1 amide bonds.